The van der Waals surface area contributed by atoms with E-state index in [0.717, 1.165) is 17.0 Å². The Morgan fingerprint density at radius 1 is 1.44 bits per heavy atom. The van der Waals surface area contributed by atoms with Gasteiger partial charge in [-0.05, 0) is 44.5 Å². The first kappa shape index (κ1) is 11.0. The van der Waals surface area contributed by atoms with E-state index in [0.29, 0.717) is 6.61 Å². The Morgan fingerprint density at radius 2 is 2.19 bits per heavy atom. The van der Waals surface area contributed by atoms with Crippen molar-refractivity contribution in [1.29, 1.82) is 0 Å². The number of aromatic amines is 1. The maximum Gasteiger partial charge on any atom is 0.120 e. The van der Waals surface area contributed by atoms with Crippen molar-refractivity contribution in [2.24, 2.45) is 5.73 Å². The van der Waals surface area contributed by atoms with Crippen LogP contribution in [0.3, 0.4) is 0 Å². The molecule has 1 atom stereocenters. The molecule has 0 spiro atoms. The second-order valence-corrected chi connectivity index (χ2v) is 4.09. The molecule has 0 saturated heterocycles. The highest BCUT2D eigenvalue weighted by molar-refractivity contribution is 5.85. The van der Waals surface area contributed by atoms with E-state index in [-0.39, 0.29) is 6.04 Å². The number of benzene rings is 1. The fraction of sp³-hybridized carbons (Fsp3) is 0.385. The third-order valence-electron chi connectivity index (χ3n) is 2.83. The molecule has 3 nitrogen and oxygen atoms in total. The fourth-order valence-corrected chi connectivity index (χ4v) is 2.04. The van der Waals surface area contributed by atoms with Gasteiger partial charge in [0.05, 0.1) is 6.61 Å². The van der Waals surface area contributed by atoms with Crippen molar-refractivity contribution in [2.45, 2.75) is 26.8 Å². The molecule has 86 valence electrons. The summed E-state index contributed by atoms with van der Waals surface area (Å²) in [5.74, 6) is 0.910. The minimum atomic E-state index is 0.0305. The van der Waals surface area contributed by atoms with Crippen molar-refractivity contribution in [3.05, 3.63) is 29.5 Å². The predicted molar refractivity (Wildman–Crippen MR) is 66.8 cm³/mol. The van der Waals surface area contributed by atoms with Crippen LogP contribution in [0, 0.1) is 6.92 Å². The van der Waals surface area contributed by atoms with E-state index in [9.17, 15) is 0 Å². The van der Waals surface area contributed by atoms with Gasteiger partial charge in [-0.25, -0.2) is 0 Å². The van der Waals surface area contributed by atoms with Gasteiger partial charge in [0, 0.05) is 22.6 Å². The van der Waals surface area contributed by atoms with Gasteiger partial charge >= 0.3 is 0 Å². The zero-order valence-corrected chi connectivity index (χ0v) is 10.0. The van der Waals surface area contributed by atoms with E-state index >= 15 is 0 Å². The number of nitrogens with two attached hydrogens (primary N) is 1. The lowest BCUT2D eigenvalue weighted by Gasteiger charge is -2.03. The maximum atomic E-state index is 5.91. The van der Waals surface area contributed by atoms with E-state index < -0.39 is 0 Å². The standard InChI is InChI=1S/C13H18N2O/c1-4-16-10-5-6-12-11(7-10)8(2)13(15-12)9(3)14/h5-7,9,15H,4,14H2,1-3H3. The second-order valence-electron chi connectivity index (χ2n) is 4.09. The molecule has 2 aromatic rings. The normalized spacial score (nSPS) is 13.0. The van der Waals surface area contributed by atoms with Gasteiger partial charge < -0.3 is 15.5 Å². The van der Waals surface area contributed by atoms with E-state index in [1.807, 2.05) is 26.0 Å². The predicted octanol–water partition coefficient (Wildman–Crippen LogP) is 2.89. The topological polar surface area (TPSA) is 51.0 Å². The molecule has 2 rings (SSSR count). The summed E-state index contributed by atoms with van der Waals surface area (Å²) in [7, 11) is 0. The van der Waals surface area contributed by atoms with Crippen LogP contribution in [0.1, 0.15) is 31.1 Å². The van der Waals surface area contributed by atoms with Gasteiger partial charge in [-0.1, -0.05) is 0 Å². The monoisotopic (exact) mass is 218 g/mol. The summed E-state index contributed by atoms with van der Waals surface area (Å²) in [4.78, 5) is 3.35. The number of hydrogen-bond donors (Lipinski definition) is 2. The molecule has 3 N–H and O–H groups in total. The van der Waals surface area contributed by atoms with E-state index in [2.05, 4.69) is 18.0 Å². The first-order valence-corrected chi connectivity index (χ1v) is 5.64. The average Bonchev–Trinajstić information content (AvgIpc) is 2.57. The van der Waals surface area contributed by atoms with Crippen LogP contribution in [0.4, 0.5) is 0 Å². The molecule has 0 radical (unpaired) electrons. The zero-order valence-electron chi connectivity index (χ0n) is 10.0. The molecule has 16 heavy (non-hydrogen) atoms. The number of hydrogen-bond acceptors (Lipinski definition) is 2. The van der Waals surface area contributed by atoms with Crippen molar-refractivity contribution >= 4 is 10.9 Å². The quantitative estimate of drug-likeness (QED) is 0.832. The summed E-state index contributed by atoms with van der Waals surface area (Å²) in [5, 5.41) is 1.19. The molecule has 1 aromatic carbocycles. The van der Waals surface area contributed by atoms with Crippen molar-refractivity contribution in [3.63, 3.8) is 0 Å². The summed E-state index contributed by atoms with van der Waals surface area (Å²) in [6.45, 7) is 6.76. The Labute approximate surface area is 95.6 Å². The molecule has 1 heterocycles. The molecule has 0 saturated carbocycles. The van der Waals surface area contributed by atoms with Crippen LogP contribution in [-0.2, 0) is 0 Å². The number of H-pyrrole nitrogens is 1. The van der Waals surface area contributed by atoms with Crippen LogP contribution in [0.25, 0.3) is 10.9 Å². The maximum absolute atomic E-state index is 5.91. The molecular formula is C13H18N2O. The first-order valence-electron chi connectivity index (χ1n) is 5.64. The van der Waals surface area contributed by atoms with Gasteiger partial charge in [-0.2, -0.15) is 0 Å². The van der Waals surface area contributed by atoms with Crippen LogP contribution in [-0.4, -0.2) is 11.6 Å². The van der Waals surface area contributed by atoms with Crippen molar-refractivity contribution in [3.8, 4) is 5.75 Å². The lowest BCUT2D eigenvalue weighted by molar-refractivity contribution is 0.340. The Balaban J connectivity index is 2.55. The molecule has 0 aliphatic rings. The van der Waals surface area contributed by atoms with Crippen molar-refractivity contribution in [1.82, 2.24) is 4.98 Å². The molecule has 0 amide bonds. The number of fused-ring (bicyclic) bond motifs is 1. The Morgan fingerprint density at radius 3 is 2.81 bits per heavy atom. The summed E-state index contributed by atoms with van der Waals surface area (Å²) in [6.07, 6.45) is 0. The SMILES string of the molecule is CCOc1ccc2[nH]c(C(C)N)c(C)c2c1. The molecule has 0 aliphatic carbocycles. The third kappa shape index (κ3) is 1.78. The summed E-state index contributed by atoms with van der Waals surface area (Å²) >= 11 is 0. The van der Waals surface area contributed by atoms with Gasteiger partial charge in [0.25, 0.3) is 0 Å². The summed E-state index contributed by atoms with van der Waals surface area (Å²) in [6, 6.07) is 6.12. The molecule has 3 heteroatoms. The number of nitrogens with one attached hydrogen (secondary N) is 1. The highest BCUT2D eigenvalue weighted by Gasteiger charge is 2.11. The van der Waals surface area contributed by atoms with Crippen LogP contribution in [0.2, 0.25) is 0 Å². The highest BCUT2D eigenvalue weighted by atomic mass is 16.5. The van der Waals surface area contributed by atoms with Gasteiger partial charge in [0.1, 0.15) is 5.75 Å². The lowest BCUT2D eigenvalue weighted by Crippen LogP contribution is -2.06. The summed E-state index contributed by atoms with van der Waals surface area (Å²) < 4.78 is 5.49. The first-order chi connectivity index (χ1) is 7.63. The number of aryl methyl sites for hydroxylation is 1. The largest absolute Gasteiger partial charge is 0.494 e. The van der Waals surface area contributed by atoms with Gasteiger partial charge in [-0.3, -0.25) is 0 Å². The van der Waals surface area contributed by atoms with E-state index in [1.165, 1.54) is 10.9 Å². The Hall–Kier alpha value is -1.48. The minimum absolute atomic E-state index is 0.0305. The van der Waals surface area contributed by atoms with E-state index in [1.54, 1.807) is 0 Å². The second kappa shape index (κ2) is 4.18. The van der Waals surface area contributed by atoms with Gasteiger partial charge in [-0.15, -0.1) is 0 Å². The highest BCUT2D eigenvalue weighted by Crippen LogP contribution is 2.28. The molecule has 0 fully saturated rings. The average molecular weight is 218 g/mol. The summed E-state index contributed by atoms with van der Waals surface area (Å²) in [5.41, 5.74) is 9.35. The Kier molecular flexibility index (Phi) is 2.88. The van der Waals surface area contributed by atoms with Gasteiger partial charge in [0.2, 0.25) is 0 Å². The number of rotatable bonds is 3. The van der Waals surface area contributed by atoms with Crippen LogP contribution in [0.5, 0.6) is 5.75 Å². The molecule has 1 aromatic heterocycles. The van der Waals surface area contributed by atoms with Crippen molar-refractivity contribution in [2.75, 3.05) is 6.61 Å². The van der Waals surface area contributed by atoms with Crippen LogP contribution in [0.15, 0.2) is 18.2 Å². The zero-order chi connectivity index (χ0) is 11.7. The third-order valence-corrected chi connectivity index (χ3v) is 2.83. The number of ether oxygens (including phenoxy) is 1. The van der Waals surface area contributed by atoms with Crippen molar-refractivity contribution < 1.29 is 4.74 Å². The van der Waals surface area contributed by atoms with Crippen LogP contribution < -0.4 is 10.5 Å². The minimum Gasteiger partial charge on any atom is -0.494 e. The number of aromatic nitrogens is 1. The fourth-order valence-electron chi connectivity index (χ4n) is 2.04. The molecular weight excluding hydrogens is 200 g/mol. The van der Waals surface area contributed by atoms with E-state index in [4.69, 9.17) is 10.5 Å². The molecule has 0 aliphatic heterocycles. The Bertz CT molecular complexity index is 500. The molecule has 0 bridgehead atoms. The molecule has 1 unspecified atom stereocenters. The van der Waals surface area contributed by atoms with Crippen LogP contribution >= 0.6 is 0 Å². The smallest absolute Gasteiger partial charge is 0.120 e. The van der Waals surface area contributed by atoms with Gasteiger partial charge in [0.15, 0.2) is 0 Å². The lowest BCUT2D eigenvalue weighted by atomic mass is 10.1.